The third-order valence-corrected chi connectivity index (χ3v) is 4.63. The second-order valence-electron chi connectivity index (χ2n) is 7.15. The van der Waals surface area contributed by atoms with Crippen molar-refractivity contribution in [2.75, 3.05) is 25.0 Å². The van der Waals surface area contributed by atoms with E-state index in [4.69, 9.17) is 4.74 Å². The molecule has 1 fully saturated rings. The number of benzene rings is 2. The van der Waals surface area contributed by atoms with Gasteiger partial charge in [-0.15, -0.1) is 0 Å². The zero-order valence-corrected chi connectivity index (χ0v) is 16.5. The van der Waals surface area contributed by atoms with Crippen LogP contribution in [-0.4, -0.2) is 38.2 Å². The van der Waals surface area contributed by atoms with Gasteiger partial charge in [-0.1, -0.05) is 30.3 Å². The molecule has 0 spiro atoms. The molecule has 5 nitrogen and oxygen atoms in total. The number of rotatable bonds is 6. The van der Waals surface area contributed by atoms with Gasteiger partial charge < -0.3 is 20.3 Å². The predicted molar refractivity (Wildman–Crippen MR) is 113 cm³/mol. The second kappa shape index (κ2) is 9.31. The minimum atomic E-state index is 0.193. The molecule has 1 atom stereocenters. The van der Waals surface area contributed by atoms with Crippen molar-refractivity contribution in [3.8, 4) is 5.75 Å². The van der Waals surface area contributed by atoms with Crippen LogP contribution >= 0.6 is 0 Å². The van der Waals surface area contributed by atoms with Crippen molar-refractivity contribution in [3.05, 3.63) is 60.2 Å². The van der Waals surface area contributed by atoms with E-state index in [-0.39, 0.29) is 6.10 Å². The molecule has 1 unspecified atom stereocenters. The third-order valence-electron chi connectivity index (χ3n) is 4.63. The van der Waals surface area contributed by atoms with Crippen LogP contribution in [0.2, 0.25) is 0 Å². The Morgan fingerprint density at radius 3 is 2.56 bits per heavy atom. The summed E-state index contributed by atoms with van der Waals surface area (Å²) in [5.74, 6) is 1.75. The topological polar surface area (TPSA) is 48.9 Å². The van der Waals surface area contributed by atoms with Gasteiger partial charge in [-0.05, 0) is 50.1 Å². The summed E-state index contributed by atoms with van der Waals surface area (Å²) in [6, 6.07) is 19.2. The van der Waals surface area contributed by atoms with E-state index < -0.39 is 0 Å². The van der Waals surface area contributed by atoms with Gasteiger partial charge in [0.1, 0.15) is 5.75 Å². The van der Waals surface area contributed by atoms with Crippen LogP contribution in [0.25, 0.3) is 0 Å². The highest BCUT2D eigenvalue weighted by Gasteiger charge is 2.23. The van der Waals surface area contributed by atoms with Crippen molar-refractivity contribution in [1.82, 2.24) is 10.6 Å². The molecule has 0 aromatic heterocycles. The van der Waals surface area contributed by atoms with Crippen LogP contribution in [0, 0.1) is 0 Å². The smallest absolute Gasteiger partial charge is 0.191 e. The Morgan fingerprint density at radius 1 is 1.15 bits per heavy atom. The number of hydrogen-bond donors (Lipinski definition) is 2. The second-order valence-corrected chi connectivity index (χ2v) is 7.15. The standard InChI is InChI=1S/C22H30N4O/c1-17(2)27-21-11-9-18(10-12-21)15-24-22(23-3)25-19-13-14-26(16-19)20-7-5-4-6-8-20/h4-12,17,19H,13-16H2,1-3H3,(H2,23,24,25). The van der Waals surface area contributed by atoms with E-state index >= 15 is 0 Å². The van der Waals surface area contributed by atoms with Crippen LogP contribution < -0.4 is 20.3 Å². The number of guanidine groups is 1. The summed E-state index contributed by atoms with van der Waals surface area (Å²) in [6.45, 7) is 6.86. The van der Waals surface area contributed by atoms with Crippen molar-refractivity contribution >= 4 is 11.6 Å². The molecule has 0 amide bonds. The first kappa shape index (κ1) is 19.1. The molecule has 0 aliphatic carbocycles. The number of para-hydroxylation sites is 1. The van der Waals surface area contributed by atoms with E-state index in [2.05, 4.69) is 63.0 Å². The summed E-state index contributed by atoms with van der Waals surface area (Å²) in [6.07, 6.45) is 1.30. The van der Waals surface area contributed by atoms with Gasteiger partial charge in [-0.3, -0.25) is 4.99 Å². The number of anilines is 1. The largest absolute Gasteiger partial charge is 0.491 e. The van der Waals surface area contributed by atoms with E-state index in [1.807, 2.05) is 33.0 Å². The molecule has 1 aliphatic heterocycles. The molecule has 1 aliphatic rings. The third kappa shape index (κ3) is 5.64. The fourth-order valence-corrected chi connectivity index (χ4v) is 3.28. The molecule has 27 heavy (non-hydrogen) atoms. The maximum Gasteiger partial charge on any atom is 0.191 e. The van der Waals surface area contributed by atoms with Crippen molar-refractivity contribution in [1.29, 1.82) is 0 Å². The lowest BCUT2D eigenvalue weighted by Gasteiger charge is -2.20. The van der Waals surface area contributed by atoms with Crippen molar-refractivity contribution in [2.24, 2.45) is 4.99 Å². The fourth-order valence-electron chi connectivity index (χ4n) is 3.28. The average Bonchev–Trinajstić information content (AvgIpc) is 3.15. The highest BCUT2D eigenvalue weighted by atomic mass is 16.5. The van der Waals surface area contributed by atoms with Crippen LogP contribution in [0.5, 0.6) is 5.75 Å². The summed E-state index contributed by atoms with van der Waals surface area (Å²) < 4.78 is 5.69. The average molecular weight is 367 g/mol. The molecular formula is C22H30N4O. The monoisotopic (exact) mass is 366 g/mol. The van der Waals surface area contributed by atoms with Gasteiger partial charge in [-0.25, -0.2) is 0 Å². The van der Waals surface area contributed by atoms with Crippen molar-refractivity contribution in [3.63, 3.8) is 0 Å². The van der Waals surface area contributed by atoms with E-state index in [1.54, 1.807) is 0 Å². The quantitative estimate of drug-likeness (QED) is 0.608. The zero-order valence-electron chi connectivity index (χ0n) is 16.5. The Morgan fingerprint density at radius 2 is 1.89 bits per heavy atom. The molecule has 3 rings (SSSR count). The zero-order chi connectivity index (χ0) is 19.1. The van der Waals surface area contributed by atoms with E-state index in [0.29, 0.717) is 6.04 Å². The van der Waals surface area contributed by atoms with Crippen LogP contribution in [0.3, 0.4) is 0 Å². The lowest BCUT2D eigenvalue weighted by Crippen LogP contribution is -2.44. The lowest BCUT2D eigenvalue weighted by atomic mass is 10.2. The Hall–Kier alpha value is -2.69. The Bertz CT molecular complexity index is 728. The van der Waals surface area contributed by atoms with E-state index in [0.717, 1.165) is 37.8 Å². The molecule has 2 aromatic carbocycles. The molecular weight excluding hydrogens is 336 g/mol. The van der Waals surface area contributed by atoms with Crippen molar-refractivity contribution < 1.29 is 4.74 Å². The maximum absolute atomic E-state index is 5.69. The summed E-state index contributed by atoms with van der Waals surface area (Å²) >= 11 is 0. The first-order valence-electron chi connectivity index (χ1n) is 9.67. The summed E-state index contributed by atoms with van der Waals surface area (Å²) in [7, 11) is 1.82. The van der Waals surface area contributed by atoms with Crippen LogP contribution in [0.4, 0.5) is 5.69 Å². The van der Waals surface area contributed by atoms with Gasteiger partial charge in [0.15, 0.2) is 5.96 Å². The van der Waals surface area contributed by atoms with Gasteiger partial charge in [-0.2, -0.15) is 0 Å². The lowest BCUT2D eigenvalue weighted by molar-refractivity contribution is 0.242. The molecule has 5 heteroatoms. The van der Waals surface area contributed by atoms with Crippen LogP contribution in [0.1, 0.15) is 25.8 Å². The minimum Gasteiger partial charge on any atom is -0.491 e. The molecule has 2 aromatic rings. The van der Waals surface area contributed by atoms with Gasteiger partial charge in [0, 0.05) is 38.4 Å². The van der Waals surface area contributed by atoms with Crippen molar-refractivity contribution in [2.45, 2.75) is 39.0 Å². The molecule has 1 heterocycles. The number of nitrogens with zero attached hydrogens (tertiary/aromatic N) is 2. The predicted octanol–water partition coefficient (Wildman–Crippen LogP) is 3.42. The van der Waals surface area contributed by atoms with Gasteiger partial charge in [0.25, 0.3) is 0 Å². The first-order valence-corrected chi connectivity index (χ1v) is 9.67. The van der Waals surface area contributed by atoms with Gasteiger partial charge in [0.05, 0.1) is 6.10 Å². The van der Waals surface area contributed by atoms with Gasteiger partial charge in [0.2, 0.25) is 0 Å². The van der Waals surface area contributed by atoms with Crippen LogP contribution in [-0.2, 0) is 6.54 Å². The summed E-state index contributed by atoms with van der Waals surface area (Å²) in [4.78, 5) is 6.79. The van der Waals surface area contributed by atoms with Crippen LogP contribution in [0.15, 0.2) is 59.6 Å². The van der Waals surface area contributed by atoms with Gasteiger partial charge >= 0.3 is 0 Å². The highest BCUT2D eigenvalue weighted by Crippen LogP contribution is 2.19. The molecule has 0 bridgehead atoms. The number of ether oxygens (including phenoxy) is 1. The summed E-state index contributed by atoms with van der Waals surface area (Å²) in [5.41, 5.74) is 2.49. The molecule has 0 radical (unpaired) electrons. The summed E-state index contributed by atoms with van der Waals surface area (Å²) in [5, 5.41) is 6.95. The Kier molecular flexibility index (Phi) is 6.58. The minimum absolute atomic E-state index is 0.193. The van der Waals surface area contributed by atoms with E-state index in [1.165, 1.54) is 11.3 Å². The molecule has 2 N–H and O–H groups in total. The molecule has 144 valence electrons. The van der Waals surface area contributed by atoms with E-state index in [9.17, 15) is 0 Å². The molecule has 1 saturated heterocycles. The fraction of sp³-hybridized carbons (Fsp3) is 0.409. The highest BCUT2D eigenvalue weighted by molar-refractivity contribution is 5.80. The number of aliphatic imine (C=N–C) groups is 1. The Labute approximate surface area is 162 Å². The normalized spacial score (nSPS) is 17.3. The number of nitrogens with one attached hydrogen (secondary N) is 2. The maximum atomic E-state index is 5.69. The molecule has 0 saturated carbocycles. The first-order chi connectivity index (χ1) is 13.1. The SMILES string of the molecule is CN=C(NCc1ccc(OC(C)C)cc1)NC1CCN(c2ccccc2)C1. The Balaban J connectivity index is 1.47. The number of hydrogen-bond acceptors (Lipinski definition) is 3.